The van der Waals surface area contributed by atoms with E-state index in [2.05, 4.69) is 15.0 Å². The number of hydrogen-bond acceptors (Lipinski definition) is 6. The van der Waals surface area contributed by atoms with Crippen LogP contribution >= 0.6 is 0 Å². The minimum absolute atomic E-state index is 0.0135. The highest BCUT2D eigenvalue weighted by Crippen LogP contribution is 2.35. The molecule has 1 amide bonds. The number of benzene rings is 2. The molecule has 13 heteroatoms. The third-order valence-corrected chi connectivity index (χ3v) is 6.30. The summed E-state index contributed by atoms with van der Waals surface area (Å²) in [4.78, 5) is 31.6. The number of carbonyl (C=O) groups is 1. The van der Waals surface area contributed by atoms with E-state index in [-0.39, 0.29) is 34.1 Å². The molecular formula is C29H25F4N5O4. The van der Waals surface area contributed by atoms with Crippen LogP contribution in [-0.2, 0) is 12.5 Å². The van der Waals surface area contributed by atoms with E-state index >= 15 is 8.78 Å². The molecule has 0 fully saturated rings. The molecule has 2 heterocycles. The normalized spacial score (nSPS) is 11.4. The molecule has 0 unspecified atom stereocenters. The summed E-state index contributed by atoms with van der Waals surface area (Å²) < 4.78 is 67.0. The number of carbonyl (C=O) groups excluding carboxylic acids is 1. The Morgan fingerprint density at radius 1 is 1.05 bits per heavy atom. The summed E-state index contributed by atoms with van der Waals surface area (Å²) in [6.45, 7) is 2.54. The number of hydrogen-bond donors (Lipinski definition) is 1. The van der Waals surface area contributed by atoms with Gasteiger partial charge in [0, 0.05) is 35.9 Å². The number of rotatable bonds is 7. The lowest BCUT2D eigenvalue weighted by Gasteiger charge is -2.19. The number of aromatic nitrogens is 3. The minimum Gasteiger partial charge on any atom is -0.497 e. The van der Waals surface area contributed by atoms with E-state index in [4.69, 9.17) is 4.74 Å². The maximum absolute atomic E-state index is 15.4. The first-order chi connectivity index (χ1) is 19.8. The summed E-state index contributed by atoms with van der Waals surface area (Å²) in [7, 11) is 2.54. The number of amides is 1. The second-order valence-corrected chi connectivity index (χ2v) is 10.1. The van der Waals surface area contributed by atoms with E-state index in [1.807, 2.05) is 26.8 Å². The lowest BCUT2D eigenvalue weighted by Crippen LogP contribution is -2.26. The molecule has 4 aromatic rings. The summed E-state index contributed by atoms with van der Waals surface area (Å²) >= 11 is 0. The average molecular weight is 584 g/mol. The van der Waals surface area contributed by atoms with E-state index in [1.54, 1.807) is 6.07 Å². The Morgan fingerprint density at radius 2 is 1.67 bits per heavy atom. The van der Waals surface area contributed by atoms with Gasteiger partial charge in [-0.3, -0.25) is 14.3 Å². The molecule has 218 valence electrons. The highest BCUT2D eigenvalue weighted by atomic mass is 19.3. The summed E-state index contributed by atoms with van der Waals surface area (Å²) in [6, 6.07) is 11.5. The number of pyridine rings is 1. The highest BCUT2D eigenvalue weighted by molar-refractivity contribution is 6.06. The summed E-state index contributed by atoms with van der Waals surface area (Å²) in [5.41, 5.74) is -2.55. The fourth-order valence-corrected chi connectivity index (χ4v) is 4.23. The monoisotopic (exact) mass is 583 g/mol. The zero-order chi connectivity index (χ0) is 30.9. The number of nitrogens with one attached hydrogen (secondary N) is 1. The lowest BCUT2D eigenvalue weighted by molar-refractivity contribution is -0.0498. The van der Waals surface area contributed by atoms with Gasteiger partial charge in [-0.1, -0.05) is 20.8 Å². The van der Waals surface area contributed by atoms with Crippen LogP contribution in [0.4, 0.5) is 23.2 Å². The first-order valence-corrected chi connectivity index (χ1v) is 12.4. The molecule has 0 saturated heterocycles. The first-order valence-electron chi connectivity index (χ1n) is 12.4. The molecule has 0 aliphatic carbocycles. The van der Waals surface area contributed by atoms with Gasteiger partial charge >= 0.3 is 6.61 Å². The van der Waals surface area contributed by atoms with Crippen LogP contribution in [0.2, 0.25) is 0 Å². The standard InChI is InChI=1S/C29H25F4N5O4/c1-29(2,3)21-11-8-16(14-34)25(35-21)38-27(40)23(36-26(39)15-6-9-17(10-7-15)42-28(32)33)24(37(38)4)22-19(30)12-18(41-5)13-20(22)31/h6-13,28H,1-5H3,(H,36,39). The van der Waals surface area contributed by atoms with Gasteiger partial charge in [0.15, 0.2) is 5.82 Å². The molecule has 0 spiro atoms. The van der Waals surface area contributed by atoms with Crippen molar-refractivity contribution in [1.29, 1.82) is 5.26 Å². The molecule has 0 aliphatic heterocycles. The molecule has 0 atom stereocenters. The van der Waals surface area contributed by atoms with Crippen molar-refractivity contribution in [3.63, 3.8) is 0 Å². The molecular weight excluding hydrogens is 558 g/mol. The Balaban J connectivity index is 1.96. The van der Waals surface area contributed by atoms with Crippen LogP contribution in [0.5, 0.6) is 11.5 Å². The van der Waals surface area contributed by atoms with Crippen molar-refractivity contribution in [3.8, 4) is 34.6 Å². The molecule has 0 saturated carbocycles. The van der Waals surface area contributed by atoms with Crippen molar-refractivity contribution in [3.05, 3.63) is 87.3 Å². The van der Waals surface area contributed by atoms with Crippen LogP contribution in [0.1, 0.15) is 42.4 Å². The Labute approximate surface area is 237 Å². The summed E-state index contributed by atoms with van der Waals surface area (Å²) in [5.74, 6) is -3.54. The molecule has 42 heavy (non-hydrogen) atoms. The van der Waals surface area contributed by atoms with Gasteiger partial charge in [-0.25, -0.2) is 13.8 Å². The lowest BCUT2D eigenvalue weighted by atomic mass is 9.91. The molecule has 0 bridgehead atoms. The smallest absolute Gasteiger partial charge is 0.387 e. The van der Waals surface area contributed by atoms with Crippen LogP contribution in [-0.4, -0.2) is 34.0 Å². The molecule has 0 aliphatic rings. The van der Waals surface area contributed by atoms with Crippen molar-refractivity contribution in [2.24, 2.45) is 7.05 Å². The summed E-state index contributed by atoms with van der Waals surface area (Å²) in [5, 5.41) is 12.2. The van der Waals surface area contributed by atoms with Gasteiger partial charge in [0.25, 0.3) is 11.5 Å². The fourth-order valence-electron chi connectivity index (χ4n) is 4.23. The van der Waals surface area contributed by atoms with Crippen LogP contribution in [0.15, 0.2) is 53.3 Å². The van der Waals surface area contributed by atoms with Crippen molar-refractivity contribution in [2.75, 3.05) is 12.4 Å². The van der Waals surface area contributed by atoms with Gasteiger partial charge in [0.1, 0.15) is 40.6 Å². The Hall–Kier alpha value is -5.12. The zero-order valence-electron chi connectivity index (χ0n) is 23.1. The van der Waals surface area contributed by atoms with Crippen LogP contribution in [0, 0.1) is 23.0 Å². The first kappa shape index (κ1) is 29.9. The predicted molar refractivity (Wildman–Crippen MR) is 145 cm³/mol. The third-order valence-electron chi connectivity index (χ3n) is 6.30. The van der Waals surface area contributed by atoms with Crippen molar-refractivity contribution < 1.29 is 31.8 Å². The van der Waals surface area contributed by atoms with E-state index < -0.39 is 46.4 Å². The number of ether oxygens (including phenoxy) is 2. The highest BCUT2D eigenvalue weighted by Gasteiger charge is 2.29. The Morgan fingerprint density at radius 3 is 2.19 bits per heavy atom. The van der Waals surface area contributed by atoms with Crippen molar-refractivity contribution in [2.45, 2.75) is 32.8 Å². The Bertz CT molecular complexity index is 1740. The van der Waals surface area contributed by atoms with Gasteiger partial charge in [-0.2, -0.15) is 18.7 Å². The molecule has 2 aromatic heterocycles. The molecule has 2 aromatic carbocycles. The van der Waals surface area contributed by atoms with Gasteiger partial charge in [0.05, 0.1) is 18.2 Å². The second kappa shape index (κ2) is 11.4. The molecule has 1 N–H and O–H groups in total. The minimum atomic E-state index is -3.08. The van der Waals surface area contributed by atoms with Crippen molar-refractivity contribution >= 4 is 11.6 Å². The number of halogens is 4. The van der Waals surface area contributed by atoms with Gasteiger partial charge in [-0.05, 0) is 36.4 Å². The maximum Gasteiger partial charge on any atom is 0.387 e. The topological polar surface area (TPSA) is 111 Å². The number of methoxy groups -OCH3 is 1. The molecule has 4 rings (SSSR count). The average Bonchev–Trinajstić information content (AvgIpc) is 3.15. The number of alkyl halides is 2. The quantitative estimate of drug-likeness (QED) is 0.286. The van der Waals surface area contributed by atoms with E-state index in [0.29, 0.717) is 5.69 Å². The van der Waals surface area contributed by atoms with E-state index in [1.165, 1.54) is 32.4 Å². The van der Waals surface area contributed by atoms with Gasteiger partial charge < -0.3 is 14.8 Å². The molecule has 9 nitrogen and oxygen atoms in total. The number of anilines is 1. The number of nitriles is 1. The van der Waals surface area contributed by atoms with Crippen molar-refractivity contribution in [1.82, 2.24) is 14.3 Å². The maximum atomic E-state index is 15.4. The van der Waals surface area contributed by atoms with Crippen LogP contribution < -0.4 is 20.3 Å². The zero-order valence-corrected chi connectivity index (χ0v) is 23.1. The third kappa shape index (κ3) is 5.69. The largest absolute Gasteiger partial charge is 0.497 e. The van der Waals surface area contributed by atoms with Gasteiger partial charge in [-0.15, -0.1) is 0 Å². The van der Waals surface area contributed by atoms with Crippen LogP contribution in [0.3, 0.4) is 0 Å². The predicted octanol–water partition coefficient (Wildman–Crippen LogP) is 5.55. The fraction of sp³-hybridized carbons (Fsp3) is 0.241. The second-order valence-electron chi connectivity index (χ2n) is 10.1. The summed E-state index contributed by atoms with van der Waals surface area (Å²) in [6.07, 6.45) is 0. The molecule has 0 radical (unpaired) electrons. The Kier molecular flexibility index (Phi) is 8.10. The van der Waals surface area contributed by atoms with E-state index in [0.717, 1.165) is 33.6 Å². The van der Waals surface area contributed by atoms with Crippen LogP contribution in [0.25, 0.3) is 17.1 Å². The SMILES string of the molecule is COc1cc(F)c(-c2c(NC(=O)c3ccc(OC(F)F)cc3)c(=O)n(-c3nc(C(C)(C)C)ccc3C#N)n2C)c(F)c1. The van der Waals surface area contributed by atoms with Gasteiger partial charge in [0.2, 0.25) is 0 Å². The number of nitrogens with zero attached hydrogens (tertiary/aromatic N) is 4. The van der Waals surface area contributed by atoms with E-state index in [9.17, 15) is 23.6 Å².